The molecule has 1 saturated heterocycles. The highest BCUT2D eigenvalue weighted by atomic mass is 19.1. The highest BCUT2D eigenvalue weighted by Crippen LogP contribution is 2.31. The van der Waals surface area contributed by atoms with Gasteiger partial charge in [-0.3, -0.25) is 4.79 Å². The maximum atomic E-state index is 14.1. The van der Waals surface area contributed by atoms with Crippen LogP contribution in [-0.2, 0) is 4.79 Å². The smallest absolute Gasteiger partial charge is 0.227 e. The lowest BCUT2D eigenvalue weighted by Gasteiger charge is -2.17. The van der Waals surface area contributed by atoms with Crippen molar-refractivity contribution in [1.82, 2.24) is 4.90 Å². The van der Waals surface area contributed by atoms with Crippen LogP contribution in [0.2, 0.25) is 0 Å². The van der Waals surface area contributed by atoms with Gasteiger partial charge in [0.15, 0.2) is 0 Å². The second-order valence-corrected chi connectivity index (χ2v) is 8.33. The molecule has 0 aromatic heterocycles. The summed E-state index contributed by atoms with van der Waals surface area (Å²) in [6.07, 6.45) is 10.3. The number of hydrogen-bond acceptors (Lipinski definition) is 1. The zero-order valence-electron chi connectivity index (χ0n) is 19.1. The molecule has 0 N–H and O–H groups in total. The van der Waals surface area contributed by atoms with Gasteiger partial charge in [-0.15, -0.1) is 0 Å². The fourth-order valence-corrected chi connectivity index (χ4v) is 4.00. The minimum atomic E-state index is -0.565. The summed E-state index contributed by atoms with van der Waals surface area (Å²) in [4.78, 5) is 14.8. The molecule has 0 aliphatic carbocycles. The Balaban J connectivity index is 1.66. The summed E-state index contributed by atoms with van der Waals surface area (Å²) in [7, 11) is 0. The van der Waals surface area contributed by atoms with E-state index in [1.54, 1.807) is 12.1 Å². The largest absolute Gasteiger partial charge is 0.342 e. The molecule has 1 aliphatic heterocycles. The monoisotopic (exact) mass is 435 g/mol. The highest BCUT2D eigenvalue weighted by Gasteiger charge is 2.27. The summed E-state index contributed by atoms with van der Waals surface area (Å²) >= 11 is 0. The van der Waals surface area contributed by atoms with E-state index in [1.165, 1.54) is 23.8 Å². The molecular weight excluding hydrogens is 404 g/mol. The topological polar surface area (TPSA) is 20.3 Å². The van der Waals surface area contributed by atoms with Crippen molar-refractivity contribution in [3.8, 4) is 11.1 Å². The number of hydrogen-bond donors (Lipinski definition) is 0. The molecule has 3 rings (SSSR count). The first kappa shape index (κ1) is 23.6. The number of carbonyl (C=O) groups is 1. The van der Waals surface area contributed by atoms with Crippen LogP contribution in [0.5, 0.6) is 0 Å². The van der Waals surface area contributed by atoms with Gasteiger partial charge in [-0.2, -0.15) is 0 Å². The van der Waals surface area contributed by atoms with E-state index in [1.807, 2.05) is 42.2 Å². The Morgan fingerprint density at radius 2 is 1.78 bits per heavy atom. The third-order valence-electron chi connectivity index (χ3n) is 6.05. The summed E-state index contributed by atoms with van der Waals surface area (Å²) in [6.45, 7) is 7.54. The Kier molecular flexibility index (Phi) is 8.15. The maximum Gasteiger partial charge on any atom is 0.227 e. The predicted molar refractivity (Wildman–Crippen MR) is 127 cm³/mol. The molecule has 1 atom stereocenters. The molecule has 1 heterocycles. The van der Waals surface area contributed by atoms with Crippen molar-refractivity contribution in [1.29, 1.82) is 0 Å². The fourth-order valence-electron chi connectivity index (χ4n) is 4.00. The van der Waals surface area contributed by atoms with Crippen LogP contribution in [0.1, 0.15) is 51.5 Å². The van der Waals surface area contributed by atoms with E-state index in [0.29, 0.717) is 18.5 Å². The Morgan fingerprint density at radius 1 is 1.09 bits per heavy atom. The zero-order chi connectivity index (χ0) is 23.1. The summed E-state index contributed by atoms with van der Waals surface area (Å²) < 4.78 is 28.1. The molecule has 0 bridgehead atoms. The van der Waals surface area contributed by atoms with Crippen LogP contribution >= 0.6 is 0 Å². The van der Waals surface area contributed by atoms with E-state index >= 15 is 0 Å². The number of benzene rings is 2. The third-order valence-corrected chi connectivity index (χ3v) is 6.05. The van der Waals surface area contributed by atoms with Crippen molar-refractivity contribution in [3.63, 3.8) is 0 Å². The number of rotatable bonds is 7. The van der Waals surface area contributed by atoms with E-state index in [2.05, 4.69) is 19.9 Å². The second kappa shape index (κ2) is 11.0. The number of allylic oxidation sites excluding steroid dienone is 5. The van der Waals surface area contributed by atoms with Crippen molar-refractivity contribution in [2.24, 2.45) is 0 Å². The molecule has 2 nitrogen and oxygen atoms in total. The van der Waals surface area contributed by atoms with E-state index in [4.69, 9.17) is 0 Å². The van der Waals surface area contributed by atoms with Crippen molar-refractivity contribution in [2.45, 2.75) is 46.0 Å². The molecule has 4 heteroatoms. The van der Waals surface area contributed by atoms with E-state index in [9.17, 15) is 13.6 Å². The van der Waals surface area contributed by atoms with Crippen LogP contribution in [0.25, 0.3) is 11.1 Å². The standard InChI is InChI=1S/C28H31F2NO/c1-4-7-21(11-10-20(3)5-2)18-27(32)31-17-16-24(19-31)22-12-14-23(15-13-22)28-25(29)8-6-9-26(28)30/h4,6-15,24H,5,16-19H2,1-3H3/b7-4-,20-10+,21-11+. The van der Waals surface area contributed by atoms with Crippen molar-refractivity contribution < 1.29 is 13.6 Å². The number of halogens is 2. The highest BCUT2D eigenvalue weighted by molar-refractivity contribution is 5.80. The van der Waals surface area contributed by atoms with Gasteiger partial charge in [0.05, 0.1) is 12.0 Å². The van der Waals surface area contributed by atoms with Gasteiger partial charge in [-0.25, -0.2) is 8.78 Å². The van der Waals surface area contributed by atoms with Gasteiger partial charge in [0, 0.05) is 19.0 Å². The van der Waals surface area contributed by atoms with Crippen molar-refractivity contribution in [3.05, 3.63) is 95.1 Å². The molecule has 168 valence electrons. The lowest BCUT2D eigenvalue weighted by molar-refractivity contribution is -0.129. The van der Waals surface area contributed by atoms with Gasteiger partial charge in [-0.05, 0) is 55.5 Å². The van der Waals surface area contributed by atoms with Crippen LogP contribution in [0, 0.1) is 11.6 Å². The number of amides is 1. The Morgan fingerprint density at radius 3 is 2.41 bits per heavy atom. The average Bonchev–Trinajstić information content (AvgIpc) is 3.28. The summed E-state index contributed by atoms with van der Waals surface area (Å²) in [5.41, 5.74) is 3.89. The average molecular weight is 436 g/mol. The van der Waals surface area contributed by atoms with Crippen molar-refractivity contribution in [2.75, 3.05) is 13.1 Å². The minimum Gasteiger partial charge on any atom is -0.342 e. The normalized spacial score (nSPS) is 17.4. The number of carbonyl (C=O) groups excluding carboxylic acids is 1. The minimum absolute atomic E-state index is 0.00192. The zero-order valence-corrected chi connectivity index (χ0v) is 19.1. The van der Waals surface area contributed by atoms with Gasteiger partial charge in [-0.1, -0.05) is 67.1 Å². The Labute approximate surface area is 190 Å². The Bertz CT molecular complexity index is 1010. The molecule has 0 saturated carbocycles. The van der Waals surface area contributed by atoms with Crippen LogP contribution in [0.3, 0.4) is 0 Å². The van der Waals surface area contributed by atoms with E-state index in [-0.39, 0.29) is 17.4 Å². The van der Waals surface area contributed by atoms with Gasteiger partial charge in [0.2, 0.25) is 5.91 Å². The van der Waals surface area contributed by atoms with Crippen LogP contribution in [0.15, 0.2) is 77.9 Å². The van der Waals surface area contributed by atoms with Gasteiger partial charge < -0.3 is 4.90 Å². The second-order valence-electron chi connectivity index (χ2n) is 8.33. The first-order valence-corrected chi connectivity index (χ1v) is 11.2. The summed E-state index contributed by atoms with van der Waals surface area (Å²) in [6, 6.07) is 11.3. The summed E-state index contributed by atoms with van der Waals surface area (Å²) in [5, 5.41) is 0. The molecule has 0 radical (unpaired) electrons. The van der Waals surface area contributed by atoms with Gasteiger partial charge in [0.1, 0.15) is 11.6 Å². The van der Waals surface area contributed by atoms with Crippen LogP contribution < -0.4 is 0 Å². The first-order valence-electron chi connectivity index (χ1n) is 11.2. The van der Waals surface area contributed by atoms with Gasteiger partial charge in [0.25, 0.3) is 0 Å². The molecule has 1 amide bonds. The summed E-state index contributed by atoms with van der Waals surface area (Å²) in [5.74, 6) is -0.770. The molecule has 32 heavy (non-hydrogen) atoms. The first-order chi connectivity index (χ1) is 15.4. The molecule has 2 aromatic rings. The van der Waals surface area contributed by atoms with Crippen molar-refractivity contribution >= 4 is 5.91 Å². The maximum absolute atomic E-state index is 14.1. The van der Waals surface area contributed by atoms with E-state index < -0.39 is 11.6 Å². The quantitative estimate of drug-likeness (QED) is 0.421. The number of likely N-dealkylation sites (tertiary alicyclic amines) is 1. The number of nitrogens with zero attached hydrogens (tertiary/aromatic N) is 1. The van der Waals surface area contributed by atoms with Crippen LogP contribution in [0.4, 0.5) is 8.78 Å². The van der Waals surface area contributed by atoms with E-state index in [0.717, 1.165) is 30.5 Å². The molecule has 1 aliphatic rings. The lowest BCUT2D eigenvalue weighted by Crippen LogP contribution is -2.28. The molecule has 2 aromatic carbocycles. The predicted octanol–water partition coefficient (Wildman–Crippen LogP) is 7.20. The SMILES string of the molecule is C\C=C/C(=C\C=C(/C)CC)CC(=O)N1CCC(c2ccc(-c3c(F)cccc3F)cc2)C1. The molecule has 0 spiro atoms. The third kappa shape index (κ3) is 5.82. The molecule has 1 fully saturated rings. The van der Waals surface area contributed by atoms with Gasteiger partial charge >= 0.3 is 0 Å². The Hall–Kier alpha value is -3.01. The molecular formula is C28H31F2NO. The van der Waals surface area contributed by atoms with Crippen LogP contribution in [-0.4, -0.2) is 23.9 Å². The lowest BCUT2D eigenvalue weighted by atomic mass is 9.95. The fraction of sp³-hybridized carbons (Fsp3) is 0.321. The molecule has 1 unspecified atom stereocenters.